The van der Waals surface area contributed by atoms with E-state index in [1.807, 2.05) is 0 Å². The Morgan fingerprint density at radius 2 is 1.74 bits per heavy atom. The molecular weight excluding hydrogens is 259 g/mol. The molecule has 0 bridgehead atoms. The molecular formula is C12H12F3N3O. The SMILES string of the molecule is Cc1nc(C(C)(C)Oc2c(F)cc(F)cc2F)n[nH]1. The Bertz CT molecular complexity index is 587. The van der Waals surface area contributed by atoms with Gasteiger partial charge in [-0.3, -0.25) is 5.10 Å². The second-order valence-corrected chi connectivity index (χ2v) is 4.56. The number of aromatic nitrogens is 3. The average molecular weight is 271 g/mol. The van der Waals surface area contributed by atoms with Gasteiger partial charge >= 0.3 is 0 Å². The number of halogens is 3. The Morgan fingerprint density at radius 3 is 2.21 bits per heavy atom. The molecule has 7 heteroatoms. The molecule has 0 saturated heterocycles. The molecule has 0 spiro atoms. The maximum atomic E-state index is 13.5. The van der Waals surface area contributed by atoms with Crippen LogP contribution in [0.25, 0.3) is 0 Å². The van der Waals surface area contributed by atoms with E-state index in [1.54, 1.807) is 20.8 Å². The Labute approximate surface area is 107 Å². The van der Waals surface area contributed by atoms with E-state index in [4.69, 9.17) is 4.74 Å². The van der Waals surface area contributed by atoms with Gasteiger partial charge in [-0.1, -0.05) is 0 Å². The first kappa shape index (κ1) is 13.4. The number of rotatable bonds is 3. The number of hydrogen-bond acceptors (Lipinski definition) is 3. The van der Waals surface area contributed by atoms with Gasteiger partial charge < -0.3 is 4.74 Å². The maximum absolute atomic E-state index is 13.5. The van der Waals surface area contributed by atoms with Gasteiger partial charge in [0.2, 0.25) is 0 Å². The summed E-state index contributed by atoms with van der Waals surface area (Å²) in [5.74, 6) is -3.10. The minimum absolute atomic E-state index is 0.244. The summed E-state index contributed by atoms with van der Waals surface area (Å²) in [6.07, 6.45) is 0. The molecule has 19 heavy (non-hydrogen) atoms. The molecule has 0 aliphatic rings. The number of benzene rings is 1. The third kappa shape index (κ3) is 2.69. The van der Waals surface area contributed by atoms with Gasteiger partial charge in [0.15, 0.2) is 28.8 Å². The summed E-state index contributed by atoms with van der Waals surface area (Å²) in [5, 5.41) is 6.49. The molecule has 0 saturated carbocycles. The fourth-order valence-corrected chi connectivity index (χ4v) is 1.54. The van der Waals surface area contributed by atoms with Crippen LogP contribution in [0.4, 0.5) is 13.2 Å². The van der Waals surface area contributed by atoms with Gasteiger partial charge in [0.05, 0.1) is 0 Å². The topological polar surface area (TPSA) is 50.8 Å². The van der Waals surface area contributed by atoms with E-state index < -0.39 is 28.8 Å². The van der Waals surface area contributed by atoms with Crippen LogP contribution >= 0.6 is 0 Å². The standard InChI is InChI=1S/C12H12F3N3O/c1-6-16-11(18-17-6)12(2,3)19-10-8(14)4-7(13)5-9(10)15/h4-5H,1-3H3,(H,16,17,18). The highest BCUT2D eigenvalue weighted by molar-refractivity contribution is 5.28. The molecule has 1 aromatic heterocycles. The Hall–Kier alpha value is -2.05. The molecule has 102 valence electrons. The van der Waals surface area contributed by atoms with Crippen LogP contribution in [0.15, 0.2) is 12.1 Å². The second-order valence-electron chi connectivity index (χ2n) is 4.56. The van der Waals surface area contributed by atoms with E-state index in [0.29, 0.717) is 18.0 Å². The fraction of sp³-hybridized carbons (Fsp3) is 0.333. The lowest BCUT2D eigenvalue weighted by Gasteiger charge is -2.23. The quantitative estimate of drug-likeness (QED) is 0.933. The van der Waals surface area contributed by atoms with Gasteiger partial charge in [0, 0.05) is 12.1 Å². The van der Waals surface area contributed by atoms with E-state index in [-0.39, 0.29) is 5.82 Å². The highest BCUT2D eigenvalue weighted by Crippen LogP contribution is 2.30. The van der Waals surface area contributed by atoms with Crippen molar-refractivity contribution in [1.82, 2.24) is 15.2 Å². The first-order chi connectivity index (χ1) is 8.79. The predicted molar refractivity (Wildman–Crippen MR) is 61.1 cm³/mol. The highest BCUT2D eigenvalue weighted by atomic mass is 19.1. The van der Waals surface area contributed by atoms with Gasteiger partial charge in [-0.05, 0) is 20.8 Å². The normalized spacial score (nSPS) is 11.7. The largest absolute Gasteiger partial charge is 0.474 e. The number of hydrogen-bond donors (Lipinski definition) is 1. The van der Waals surface area contributed by atoms with E-state index in [2.05, 4.69) is 15.2 Å². The summed E-state index contributed by atoms with van der Waals surface area (Å²) in [6, 6.07) is 1.11. The molecule has 2 rings (SSSR count). The molecule has 1 aromatic carbocycles. The molecule has 1 heterocycles. The first-order valence-corrected chi connectivity index (χ1v) is 5.52. The minimum atomic E-state index is -1.16. The molecule has 0 amide bonds. The van der Waals surface area contributed by atoms with Crippen molar-refractivity contribution in [2.75, 3.05) is 0 Å². The van der Waals surface area contributed by atoms with Crippen molar-refractivity contribution in [1.29, 1.82) is 0 Å². The van der Waals surface area contributed by atoms with Crippen LogP contribution in [0.5, 0.6) is 5.75 Å². The van der Waals surface area contributed by atoms with Crippen molar-refractivity contribution < 1.29 is 17.9 Å². The van der Waals surface area contributed by atoms with Crippen molar-refractivity contribution in [2.45, 2.75) is 26.4 Å². The van der Waals surface area contributed by atoms with Crippen molar-refractivity contribution in [3.05, 3.63) is 41.2 Å². The summed E-state index contributed by atoms with van der Waals surface area (Å²) in [7, 11) is 0. The van der Waals surface area contributed by atoms with Gasteiger partial charge in [-0.15, -0.1) is 0 Å². The molecule has 0 atom stereocenters. The van der Waals surface area contributed by atoms with Crippen molar-refractivity contribution in [3.63, 3.8) is 0 Å². The minimum Gasteiger partial charge on any atom is -0.474 e. The summed E-state index contributed by atoms with van der Waals surface area (Å²) < 4.78 is 45.1. The molecule has 0 radical (unpaired) electrons. The van der Waals surface area contributed by atoms with Crippen LogP contribution in [-0.2, 0) is 5.60 Å². The zero-order valence-electron chi connectivity index (χ0n) is 10.6. The zero-order valence-corrected chi connectivity index (χ0v) is 10.6. The van der Waals surface area contributed by atoms with Gasteiger partial charge in [0.1, 0.15) is 11.6 Å². The molecule has 0 aliphatic heterocycles. The summed E-state index contributed by atoms with van der Waals surface area (Å²) in [6.45, 7) is 4.79. The number of aromatic amines is 1. The molecule has 4 nitrogen and oxygen atoms in total. The van der Waals surface area contributed by atoms with Crippen LogP contribution in [0.1, 0.15) is 25.5 Å². The fourth-order valence-electron chi connectivity index (χ4n) is 1.54. The number of nitrogens with one attached hydrogen (secondary N) is 1. The van der Waals surface area contributed by atoms with E-state index >= 15 is 0 Å². The van der Waals surface area contributed by atoms with E-state index in [0.717, 1.165) is 0 Å². The molecule has 0 aliphatic carbocycles. The lowest BCUT2D eigenvalue weighted by Crippen LogP contribution is -2.28. The van der Waals surface area contributed by atoms with Crippen LogP contribution in [0.2, 0.25) is 0 Å². The molecule has 2 aromatic rings. The lowest BCUT2D eigenvalue weighted by molar-refractivity contribution is 0.0868. The van der Waals surface area contributed by atoms with Crippen LogP contribution in [0, 0.1) is 24.4 Å². The van der Waals surface area contributed by atoms with Crippen LogP contribution in [-0.4, -0.2) is 15.2 Å². The highest BCUT2D eigenvalue weighted by Gasteiger charge is 2.30. The number of nitrogens with zero attached hydrogens (tertiary/aromatic N) is 2. The third-order valence-corrected chi connectivity index (χ3v) is 2.46. The first-order valence-electron chi connectivity index (χ1n) is 5.52. The van der Waals surface area contributed by atoms with Crippen LogP contribution in [0.3, 0.4) is 0 Å². The smallest absolute Gasteiger partial charge is 0.193 e. The summed E-state index contributed by atoms with van der Waals surface area (Å²) in [4.78, 5) is 4.04. The third-order valence-electron chi connectivity index (χ3n) is 2.46. The number of H-pyrrole nitrogens is 1. The summed E-state index contributed by atoms with van der Waals surface area (Å²) in [5.41, 5.74) is -1.16. The predicted octanol–water partition coefficient (Wildman–Crippen LogP) is 2.84. The maximum Gasteiger partial charge on any atom is 0.193 e. The Morgan fingerprint density at radius 1 is 1.16 bits per heavy atom. The van der Waals surface area contributed by atoms with Gasteiger partial charge in [-0.2, -0.15) is 5.10 Å². The second kappa shape index (κ2) is 4.56. The Balaban J connectivity index is 2.35. The van der Waals surface area contributed by atoms with E-state index in [1.165, 1.54) is 0 Å². The average Bonchev–Trinajstić information content (AvgIpc) is 2.71. The van der Waals surface area contributed by atoms with Gasteiger partial charge in [0.25, 0.3) is 0 Å². The Kier molecular flexibility index (Phi) is 3.21. The van der Waals surface area contributed by atoms with E-state index in [9.17, 15) is 13.2 Å². The molecule has 1 N–H and O–H groups in total. The number of aryl methyl sites for hydroxylation is 1. The lowest BCUT2D eigenvalue weighted by atomic mass is 10.1. The summed E-state index contributed by atoms with van der Waals surface area (Å²) >= 11 is 0. The zero-order chi connectivity index (χ0) is 14.2. The van der Waals surface area contributed by atoms with Crippen LogP contribution < -0.4 is 4.74 Å². The van der Waals surface area contributed by atoms with Crippen molar-refractivity contribution in [2.24, 2.45) is 0 Å². The van der Waals surface area contributed by atoms with Crippen molar-refractivity contribution in [3.8, 4) is 5.75 Å². The monoisotopic (exact) mass is 271 g/mol. The van der Waals surface area contributed by atoms with Gasteiger partial charge in [-0.25, -0.2) is 18.2 Å². The molecule has 0 unspecified atom stereocenters. The van der Waals surface area contributed by atoms with Crippen molar-refractivity contribution >= 4 is 0 Å². The molecule has 0 fully saturated rings. The number of ether oxygens (including phenoxy) is 1.